The van der Waals surface area contributed by atoms with E-state index in [2.05, 4.69) is 15.1 Å². The number of hydrogen-bond acceptors (Lipinski definition) is 7. The van der Waals surface area contributed by atoms with Gasteiger partial charge in [-0.05, 0) is 17.5 Å². The molecule has 1 aliphatic heterocycles. The van der Waals surface area contributed by atoms with Gasteiger partial charge in [0.2, 0.25) is 0 Å². The van der Waals surface area contributed by atoms with Crippen molar-refractivity contribution in [1.29, 1.82) is 0 Å². The summed E-state index contributed by atoms with van der Waals surface area (Å²) in [5.74, 6) is 0.458. The largest absolute Gasteiger partial charge is 0.458 e. The topological polar surface area (TPSA) is 81.4 Å². The molecule has 1 fully saturated rings. The van der Waals surface area contributed by atoms with Gasteiger partial charge in [0, 0.05) is 31.4 Å². The van der Waals surface area contributed by atoms with Gasteiger partial charge < -0.3 is 14.2 Å². The first-order chi connectivity index (χ1) is 11.8. The summed E-state index contributed by atoms with van der Waals surface area (Å²) in [6.45, 7) is 1.09. The van der Waals surface area contributed by atoms with Crippen molar-refractivity contribution in [2.75, 3.05) is 13.1 Å². The van der Waals surface area contributed by atoms with Crippen LogP contribution in [0.15, 0.2) is 46.6 Å². The number of carbonyl (C=O) groups excluding carboxylic acids is 1. The highest BCUT2D eigenvalue weighted by molar-refractivity contribution is 7.13. The van der Waals surface area contributed by atoms with Gasteiger partial charge in [-0.1, -0.05) is 11.2 Å². The standard InChI is InChI=1S/C16H14N4O3S/c21-15(12-9-13(23-19-12)14-3-1-8-24-14)20-7-4-11(10-20)22-16-17-5-2-6-18-16/h1-3,5-6,8-9,11H,4,7,10H2/t11-/m1/s1. The van der Waals surface area contributed by atoms with Gasteiger partial charge in [0.15, 0.2) is 11.5 Å². The second kappa shape index (κ2) is 6.40. The Morgan fingerprint density at radius 1 is 1.33 bits per heavy atom. The molecule has 0 unspecified atom stereocenters. The zero-order chi connectivity index (χ0) is 16.4. The first-order valence-electron chi connectivity index (χ1n) is 7.53. The Hall–Kier alpha value is -2.74. The smallest absolute Gasteiger partial charge is 0.316 e. The van der Waals surface area contributed by atoms with Gasteiger partial charge in [-0.3, -0.25) is 4.79 Å². The molecule has 1 atom stereocenters. The molecule has 0 N–H and O–H groups in total. The maximum Gasteiger partial charge on any atom is 0.316 e. The summed E-state index contributed by atoms with van der Waals surface area (Å²) in [4.78, 5) is 23.3. The Balaban J connectivity index is 1.41. The molecule has 7 nitrogen and oxygen atoms in total. The molecule has 122 valence electrons. The normalized spacial score (nSPS) is 17.2. The summed E-state index contributed by atoms with van der Waals surface area (Å²) < 4.78 is 11.0. The molecule has 0 aromatic carbocycles. The Morgan fingerprint density at radius 3 is 3.00 bits per heavy atom. The number of amides is 1. The second-order valence-electron chi connectivity index (χ2n) is 5.36. The third kappa shape index (κ3) is 3.00. The van der Waals surface area contributed by atoms with Crippen molar-refractivity contribution in [2.24, 2.45) is 0 Å². The van der Waals surface area contributed by atoms with Crippen molar-refractivity contribution >= 4 is 17.2 Å². The zero-order valence-electron chi connectivity index (χ0n) is 12.7. The predicted octanol–water partition coefficient (Wildman–Crippen LogP) is 2.49. The molecule has 0 bridgehead atoms. The van der Waals surface area contributed by atoms with Crippen LogP contribution in [-0.4, -0.2) is 45.1 Å². The van der Waals surface area contributed by atoms with E-state index in [9.17, 15) is 4.79 Å². The molecular formula is C16H14N4O3S. The lowest BCUT2D eigenvalue weighted by molar-refractivity contribution is 0.0759. The average molecular weight is 342 g/mol. The van der Waals surface area contributed by atoms with Crippen LogP contribution in [0.1, 0.15) is 16.9 Å². The molecule has 4 heterocycles. The zero-order valence-corrected chi connectivity index (χ0v) is 13.5. The third-order valence-electron chi connectivity index (χ3n) is 3.74. The van der Waals surface area contributed by atoms with Crippen molar-refractivity contribution in [1.82, 2.24) is 20.0 Å². The number of likely N-dealkylation sites (tertiary alicyclic amines) is 1. The van der Waals surface area contributed by atoms with E-state index >= 15 is 0 Å². The van der Waals surface area contributed by atoms with Gasteiger partial charge in [-0.25, -0.2) is 9.97 Å². The lowest BCUT2D eigenvalue weighted by Gasteiger charge is -2.14. The number of carbonyl (C=O) groups is 1. The minimum absolute atomic E-state index is 0.111. The van der Waals surface area contributed by atoms with Crippen molar-refractivity contribution in [3.63, 3.8) is 0 Å². The molecule has 0 spiro atoms. The Labute approximate surface area is 141 Å². The summed E-state index contributed by atoms with van der Waals surface area (Å²) in [6.07, 6.45) is 3.88. The maximum absolute atomic E-state index is 12.5. The SMILES string of the molecule is O=C(c1cc(-c2cccs2)on1)N1CC[C@@H](Oc2ncccn2)C1. The molecule has 0 aliphatic carbocycles. The number of nitrogens with zero attached hydrogens (tertiary/aromatic N) is 4. The minimum atomic E-state index is -0.151. The quantitative estimate of drug-likeness (QED) is 0.724. The van der Waals surface area contributed by atoms with Crippen molar-refractivity contribution in [3.8, 4) is 16.6 Å². The van der Waals surface area contributed by atoms with Crippen molar-refractivity contribution in [3.05, 3.63) is 47.7 Å². The summed E-state index contributed by atoms with van der Waals surface area (Å²) in [5.41, 5.74) is 0.315. The molecule has 0 saturated carbocycles. The van der Waals surface area contributed by atoms with Gasteiger partial charge in [0.25, 0.3) is 5.91 Å². The van der Waals surface area contributed by atoms with Gasteiger partial charge >= 0.3 is 6.01 Å². The van der Waals surface area contributed by atoms with Crippen LogP contribution in [0.25, 0.3) is 10.6 Å². The van der Waals surface area contributed by atoms with Crippen molar-refractivity contribution < 1.29 is 14.1 Å². The molecule has 1 amide bonds. The fourth-order valence-corrected chi connectivity index (χ4v) is 3.25. The third-order valence-corrected chi connectivity index (χ3v) is 4.62. The van der Waals surface area contributed by atoms with Crippen LogP contribution in [0.2, 0.25) is 0 Å². The Kier molecular flexibility index (Phi) is 3.96. The monoisotopic (exact) mass is 342 g/mol. The van der Waals surface area contributed by atoms with E-state index in [0.717, 1.165) is 11.3 Å². The van der Waals surface area contributed by atoms with Crippen LogP contribution in [0, 0.1) is 0 Å². The van der Waals surface area contributed by atoms with Crippen LogP contribution in [0.5, 0.6) is 6.01 Å². The lowest BCUT2D eigenvalue weighted by atomic mass is 10.3. The minimum Gasteiger partial charge on any atom is -0.458 e. The number of thiophene rings is 1. The van der Waals surface area contributed by atoms with Gasteiger partial charge in [-0.2, -0.15) is 0 Å². The second-order valence-corrected chi connectivity index (χ2v) is 6.31. The van der Waals surface area contributed by atoms with Crippen LogP contribution in [0.3, 0.4) is 0 Å². The first-order valence-corrected chi connectivity index (χ1v) is 8.41. The van der Waals surface area contributed by atoms with Gasteiger partial charge in [0.05, 0.1) is 11.4 Å². The Morgan fingerprint density at radius 2 is 2.21 bits per heavy atom. The molecule has 8 heteroatoms. The molecule has 24 heavy (non-hydrogen) atoms. The summed E-state index contributed by atoms with van der Waals surface area (Å²) in [5, 5.41) is 5.85. The molecule has 0 radical (unpaired) electrons. The molecule has 3 aromatic rings. The molecule has 1 aliphatic rings. The molecular weight excluding hydrogens is 328 g/mol. The summed E-state index contributed by atoms with van der Waals surface area (Å²) in [7, 11) is 0. The molecule has 3 aromatic heterocycles. The number of rotatable bonds is 4. The van der Waals surface area contributed by atoms with Crippen molar-refractivity contribution in [2.45, 2.75) is 12.5 Å². The van der Waals surface area contributed by atoms with E-state index in [1.54, 1.807) is 40.8 Å². The van der Waals surface area contributed by atoms with Gasteiger partial charge in [-0.15, -0.1) is 11.3 Å². The van der Waals surface area contributed by atoms with Crippen LogP contribution in [-0.2, 0) is 0 Å². The number of aromatic nitrogens is 3. The van der Waals surface area contributed by atoms with Crippen LogP contribution in [0.4, 0.5) is 0 Å². The van der Waals surface area contributed by atoms with E-state index < -0.39 is 0 Å². The van der Waals surface area contributed by atoms with E-state index in [4.69, 9.17) is 9.26 Å². The van der Waals surface area contributed by atoms with E-state index in [-0.39, 0.29) is 12.0 Å². The van der Waals surface area contributed by atoms with Crippen LogP contribution < -0.4 is 4.74 Å². The average Bonchev–Trinajstić information content (AvgIpc) is 3.36. The first kappa shape index (κ1) is 14.8. The summed E-state index contributed by atoms with van der Waals surface area (Å²) >= 11 is 1.54. The highest BCUT2D eigenvalue weighted by Gasteiger charge is 2.30. The van der Waals surface area contributed by atoms with Crippen LogP contribution >= 0.6 is 11.3 Å². The highest BCUT2D eigenvalue weighted by Crippen LogP contribution is 2.26. The fourth-order valence-electron chi connectivity index (χ4n) is 2.58. The van der Waals surface area contributed by atoms with E-state index in [1.807, 2.05) is 17.5 Å². The lowest BCUT2D eigenvalue weighted by Crippen LogP contribution is -2.31. The maximum atomic E-state index is 12.5. The Bertz CT molecular complexity index is 819. The highest BCUT2D eigenvalue weighted by atomic mass is 32.1. The number of hydrogen-bond donors (Lipinski definition) is 0. The molecule has 1 saturated heterocycles. The van der Waals surface area contributed by atoms with E-state index in [1.165, 1.54) is 0 Å². The molecule has 4 rings (SSSR count). The predicted molar refractivity (Wildman–Crippen MR) is 86.8 cm³/mol. The van der Waals surface area contributed by atoms with E-state index in [0.29, 0.717) is 30.6 Å². The fraction of sp³-hybridized carbons (Fsp3) is 0.250. The van der Waals surface area contributed by atoms with Gasteiger partial charge in [0.1, 0.15) is 6.10 Å². The summed E-state index contributed by atoms with van der Waals surface area (Å²) in [6, 6.07) is 7.60. The number of ether oxygens (including phenoxy) is 1.